The highest BCUT2D eigenvalue weighted by molar-refractivity contribution is 5.46. The Labute approximate surface area is 78.5 Å². The molecule has 0 radical (unpaired) electrons. The molecule has 0 saturated heterocycles. The van der Waals surface area contributed by atoms with Gasteiger partial charge >= 0.3 is 0 Å². The molecule has 0 heterocycles. The number of nitriles is 1. The van der Waals surface area contributed by atoms with E-state index in [0.717, 1.165) is 6.07 Å². The monoisotopic (exact) mass is 201 g/mol. The van der Waals surface area contributed by atoms with Gasteiger partial charge in [-0.3, -0.25) is 0 Å². The van der Waals surface area contributed by atoms with Crippen molar-refractivity contribution in [2.24, 2.45) is 0 Å². The average Bonchev–Trinajstić information content (AvgIpc) is 2.16. The molecule has 0 aromatic heterocycles. The Morgan fingerprint density at radius 3 is 2.50 bits per heavy atom. The number of hydrogen-bond acceptors (Lipinski definition) is 2. The highest BCUT2D eigenvalue weighted by atomic mass is 19.3. The van der Waals surface area contributed by atoms with E-state index in [1.165, 1.54) is 7.11 Å². The fraction of sp³-hybridized carbons (Fsp3) is 0.222. The Balaban J connectivity index is 3.33. The lowest BCUT2D eigenvalue weighted by atomic mass is 10.1. The molecule has 5 heteroatoms. The van der Waals surface area contributed by atoms with E-state index in [9.17, 15) is 13.2 Å². The molecular weight excluding hydrogens is 195 g/mol. The maximum absolute atomic E-state index is 13.0. The van der Waals surface area contributed by atoms with Gasteiger partial charge in [0.05, 0.1) is 12.7 Å². The molecule has 0 N–H and O–H groups in total. The molecule has 1 aromatic rings. The Morgan fingerprint density at radius 1 is 1.43 bits per heavy atom. The molecule has 0 atom stereocenters. The van der Waals surface area contributed by atoms with Crippen LogP contribution in [0.25, 0.3) is 0 Å². The third-order valence-electron chi connectivity index (χ3n) is 1.64. The fourth-order valence-electron chi connectivity index (χ4n) is 1.03. The van der Waals surface area contributed by atoms with Gasteiger partial charge in [0.25, 0.3) is 6.43 Å². The molecule has 1 rings (SSSR count). The van der Waals surface area contributed by atoms with Crippen molar-refractivity contribution >= 4 is 0 Å². The number of methoxy groups -OCH3 is 1. The van der Waals surface area contributed by atoms with Gasteiger partial charge in [0, 0.05) is 5.56 Å². The van der Waals surface area contributed by atoms with E-state index >= 15 is 0 Å². The van der Waals surface area contributed by atoms with E-state index in [-0.39, 0.29) is 11.3 Å². The standard InChI is InChI=1S/C9H6F3NO/c1-14-8-6(4-13)2-5(9(11)12)3-7(8)10/h2-3,9H,1H3. The number of halogens is 3. The molecule has 0 saturated carbocycles. The van der Waals surface area contributed by atoms with Gasteiger partial charge in [0.2, 0.25) is 0 Å². The summed E-state index contributed by atoms with van der Waals surface area (Å²) in [4.78, 5) is 0. The minimum atomic E-state index is -2.80. The lowest BCUT2D eigenvalue weighted by Gasteiger charge is -2.06. The lowest BCUT2D eigenvalue weighted by Crippen LogP contribution is -1.95. The largest absolute Gasteiger partial charge is 0.492 e. The lowest BCUT2D eigenvalue weighted by molar-refractivity contribution is 0.150. The van der Waals surface area contributed by atoms with Crippen LogP contribution in [0.1, 0.15) is 17.6 Å². The van der Waals surface area contributed by atoms with Crippen molar-refractivity contribution < 1.29 is 17.9 Å². The third-order valence-corrected chi connectivity index (χ3v) is 1.64. The molecule has 0 aliphatic carbocycles. The van der Waals surface area contributed by atoms with E-state index in [2.05, 4.69) is 4.74 Å². The minimum Gasteiger partial charge on any atom is -0.492 e. The van der Waals surface area contributed by atoms with Crippen molar-refractivity contribution in [3.05, 3.63) is 29.1 Å². The molecule has 1 aromatic carbocycles. The Kier molecular flexibility index (Phi) is 2.97. The summed E-state index contributed by atoms with van der Waals surface area (Å²) in [5.74, 6) is -1.27. The number of alkyl halides is 2. The summed E-state index contributed by atoms with van der Waals surface area (Å²) in [6, 6.07) is 3.15. The second kappa shape index (κ2) is 4.01. The van der Waals surface area contributed by atoms with Crippen LogP contribution in [-0.2, 0) is 0 Å². The summed E-state index contributed by atoms with van der Waals surface area (Å²) in [7, 11) is 1.17. The van der Waals surface area contributed by atoms with Gasteiger partial charge in [0.15, 0.2) is 11.6 Å². The van der Waals surface area contributed by atoms with Crippen LogP contribution in [0.3, 0.4) is 0 Å². The summed E-state index contributed by atoms with van der Waals surface area (Å²) in [5, 5.41) is 8.54. The van der Waals surface area contributed by atoms with Crippen molar-refractivity contribution in [1.29, 1.82) is 5.26 Å². The van der Waals surface area contributed by atoms with Gasteiger partial charge in [-0.1, -0.05) is 0 Å². The van der Waals surface area contributed by atoms with Crippen LogP contribution in [0, 0.1) is 17.1 Å². The smallest absolute Gasteiger partial charge is 0.264 e. The maximum atomic E-state index is 13.0. The van der Waals surface area contributed by atoms with Gasteiger partial charge < -0.3 is 4.74 Å². The van der Waals surface area contributed by atoms with E-state index in [1.807, 2.05) is 0 Å². The third kappa shape index (κ3) is 1.79. The molecule has 0 fully saturated rings. The SMILES string of the molecule is COc1c(F)cc(C(F)F)cc1C#N. The summed E-state index contributed by atoms with van der Waals surface area (Å²) in [6.07, 6.45) is -2.80. The number of rotatable bonds is 2. The van der Waals surface area contributed by atoms with Gasteiger partial charge in [-0.25, -0.2) is 13.2 Å². The van der Waals surface area contributed by atoms with Crippen LogP contribution in [0.4, 0.5) is 13.2 Å². The summed E-state index contributed by atoms with van der Waals surface area (Å²) in [5.41, 5.74) is -0.761. The summed E-state index contributed by atoms with van der Waals surface area (Å²) in [6.45, 7) is 0. The molecule has 0 spiro atoms. The van der Waals surface area contributed by atoms with Gasteiger partial charge in [-0.15, -0.1) is 0 Å². The average molecular weight is 201 g/mol. The van der Waals surface area contributed by atoms with Crippen molar-refractivity contribution in [3.63, 3.8) is 0 Å². The van der Waals surface area contributed by atoms with E-state index < -0.39 is 17.8 Å². The zero-order valence-corrected chi connectivity index (χ0v) is 7.22. The van der Waals surface area contributed by atoms with Crippen LogP contribution < -0.4 is 4.74 Å². The molecule has 2 nitrogen and oxygen atoms in total. The second-order valence-corrected chi connectivity index (χ2v) is 2.50. The molecule has 0 bridgehead atoms. The minimum absolute atomic E-state index is 0.234. The first-order chi connectivity index (χ1) is 6.60. The predicted molar refractivity (Wildman–Crippen MR) is 42.6 cm³/mol. The van der Waals surface area contributed by atoms with Crippen molar-refractivity contribution in [2.75, 3.05) is 7.11 Å². The highest BCUT2D eigenvalue weighted by Gasteiger charge is 2.15. The van der Waals surface area contributed by atoms with E-state index in [4.69, 9.17) is 5.26 Å². The molecular formula is C9H6F3NO. The van der Waals surface area contributed by atoms with Crippen LogP contribution in [0.2, 0.25) is 0 Å². The Hall–Kier alpha value is -1.70. The highest BCUT2D eigenvalue weighted by Crippen LogP contribution is 2.28. The van der Waals surface area contributed by atoms with Crippen molar-refractivity contribution in [1.82, 2.24) is 0 Å². The number of nitrogens with zero attached hydrogens (tertiary/aromatic N) is 1. The molecule has 0 aliphatic rings. The quantitative estimate of drug-likeness (QED) is 0.736. The number of benzene rings is 1. The second-order valence-electron chi connectivity index (χ2n) is 2.50. The van der Waals surface area contributed by atoms with Crippen molar-refractivity contribution in [2.45, 2.75) is 6.43 Å². The first-order valence-electron chi connectivity index (χ1n) is 3.65. The number of ether oxygens (including phenoxy) is 1. The van der Waals surface area contributed by atoms with Crippen LogP contribution >= 0.6 is 0 Å². The molecule has 0 amide bonds. The fourth-order valence-corrected chi connectivity index (χ4v) is 1.03. The summed E-state index contributed by atoms with van der Waals surface area (Å²) < 4.78 is 42.0. The normalized spacial score (nSPS) is 10.0. The van der Waals surface area contributed by atoms with Gasteiger partial charge in [-0.2, -0.15) is 5.26 Å². The van der Waals surface area contributed by atoms with E-state index in [0.29, 0.717) is 6.07 Å². The van der Waals surface area contributed by atoms with E-state index in [1.54, 1.807) is 6.07 Å². The number of hydrogen-bond donors (Lipinski definition) is 0. The zero-order chi connectivity index (χ0) is 10.7. The summed E-state index contributed by atoms with van der Waals surface area (Å²) >= 11 is 0. The molecule has 14 heavy (non-hydrogen) atoms. The maximum Gasteiger partial charge on any atom is 0.264 e. The van der Waals surface area contributed by atoms with Crippen LogP contribution in [0.5, 0.6) is 5.75 Å². The van der Waals surface area contributed by atoms with Gasteiger partial charge in [-0.05, 0) is 12.1 Å². The van der Waals surface area contributed by atoms with Crippen LogP contribution in [-0.4, -0.2) is 7.11 Å². The topological polar surface area (TPSA) is 33.0 Å². The Bertz CT molecular complexity index is 384. The molecule has 74 valence electrons. The van der Waals surface area contributed by atoms with Crippen LogP contribution in [0.15, 0.2) is 12.1 Å². The molecule has 0 unspecified atom stereocenters. The first-order valence-corrected chi connectivity index (χ1v) is 3.65. The van der Waals surface area contributed by atoms with Crippen molar-refractivity contribution in [3.8, 4) is 11.8 Å². The predicted octanol–water partition coefficient (Wildman–Crippen LogP) is 2.64. The zero-order valence-electron chi connectivity index (χ0n) is 7.22. The first kappa shape index (κ1) is 10.4. The Morgan fingerprint density at radius 2 is 2.07 bits per heavy atom. The van der Waals surface area contributed by atoms with Gasteiger partial charge in [0.1, 0.15) is 6.07 Å². The molecule has 0 aliphatic heterocycles.